The van der Waals surface area contributed by atoms with Gasteiger partial charge in [0.25, 0.3) is 0 Å². The molecule has 0 aromatic heterocycles. The van der Waals surface area contributed by atoms with Gasteiger partial charge in [0.2, 0.25) is 0 Å². The molecule has 0 aliphatic carbocycles. The van der Waals surface area contributed by atoms with E-state index in [0.717, 1.165) is 0 Å². The Hall–Kier alpha value is 0.870. The van der Waals surface area contributed by atoms with Gasteiger partial charge in [-0.05, 0) is 0 Å². The third-order valence-electron chi connectivity index (χ3n) is 0. The Morgan fingerprint density at radius 2 is 1.20 bits per heavy atom. The molecular formula is C4H9Sc. The first-order chi connectivity index (χ1) is 2.00. The molecule has 0 rings (SSSR count). The molecule has 0 aliphatic rings. The van der Waals surface area contributed by atoms with E-state index in [1.165, 1.54) is 0 Å². The second-order valence-electron chi connectivity index (χ2n) is 2.37. The summed E-state index contributed by atoms with van der Waals surface area (Å²) in [5.74, 6) is 0. The fourth-order valence-corrected chi connectivity index (χ4v) is 0. The third-order valence-corrected chi connectivity index (χ3v) is 0. The molecule has 1 heteroatoms. The molecule has 28 valence electrons. The van der Waals surface area contributed by atoms with Crippen molar-refractivity contribution < 1.29 is 24.4 Å². The van der Waals surface area contributed by atoms with Gasteiger partial charge in [-0.3, -0.25) is 0 Å². The van der Waals surface area contributed by atoms with Crippen LogP contribution in [0.15, 0.2) is 0 Å². The second kappa shape index (κ2) is 1.55. The zero-order valence-electron chi connectivity index (χ0n) is 4.08. The first-order valence-corrected chi connectivity index (χ1v) is 2.69. The molecule has 0 saturated carbocycles. The molecule has 0 atom stereocenters. The zero-order chi connectivity index (χ0) is 4.50. The summed E-state index contributed by atoms with van der Waals surface area (Å²) in [6, 6.07) is 0. The van der Waals surface area contributed by atoms with Crippen LogP contribution >= 0.6 is 0 Å². The van der Waals surface area contributed by atoms with Crippen LogP contribution in [-0.2, 0) is 24.4 Å². The number of rotatable bonds is 0. The van der Waals surface area contributed by atoms with Crippen molar-refractivity contribution in [3.05, 3.63) is 0 Å². The molecular weight excluding hydrogens is 93.0 g/mol. The summed E-state index contributed by atoms with van der Waals surface area (Å²) in [6.45, 7) is 6.65. The Kier molecular flexibility index (Phi) is 1.81. The van der Waals surface area contributed by atoms with Gasteiger partial charge in [-0.15, -0.1) is 0 Å². The van der Waals surface area contributed by atoms with Crippen molar-refractivity contribution >= 4 is 0 Å². The van der Waals surface area contributed by atoms with Gasteiger partial charge in [-0.1, -0.05) is 0 Å². The van der Waals surface area contributed by atoms with Crippen LogP contribution in [0.5, 0.6) is 0 Å². The van der Waals surface area contributed by atoms with Crippen LogP contribution in [0.2, 0.25) is 3.17 Å². The van der Waals surface area contributed by atoms with E-state index >= 15 is 0 Å². The van der Waals surface area contributed by atoms with Crippen LogP contribution in [0.1, 0.15) is 20.8 Å². The second-order valence-corrected chi connectivity index (χ2v) is 5.07. The molecule has 0 N–H and O–H groups in total. The monoisotopic (exact) mass is 102 g/mol. The Balaban J connectivity index is 3.02. The van der Waals surface area contributed by atoms with Gasteiger partial charge in [0, 0.05) is 0 Å². The predicted molar refractivity (Wildman–Crippen MR) is 19.7 cm³/mol. The van der Waals surface area contributed by atoms with E-state index < -0.39 is 0 Å². The van der Waals surface area contributed by atoms with Crippen LogP contribution in [0, 0.1) is 0 Å². The first kappa shape index (κ1) is 5.87. The fourth-order valence-electron chi connectivity index (χ4n) is 0. The van der Waals surface area contributed by atoms with Gasteiger partial charge in [-0.2, -0.15) is 0 Å². The van der Waals surface area contributed by atoms with E-state index in [0.29, 0.717) is 3.17 Å². The summed E-state index contributed by atoms with van der Waals surface area (Å²) in [6.07, 6.45) is 0. The van der Waals surface area contributed by atoms with E-state index in [2.05, 4.69) is 20.8 Å². The maximum atomic E-state index is 2.22. The zero-order valence-corrected chi connectivity index (χ0v) is 5.88. The van der Waals surface area contributed by atoms with E-state index in [1.807, 2.05) is 0 Å². The molecule has 0 heterocycles. The van der Waals surface area contributed by atoms with Crippen molar-refractivity contribution in [1.82, 2.24) is 0 Å². The van der Waals surface area contributed by atoms with Gasteiger partial charge in [0.1, 0.15) is 0 Å². The van der Waals surface area contributed by atoms with E-state index in [1.54, 1.807) is 24.4 Å². The summed E-state index contributed by atoms with van der Waals surface area (Å²) in [5, 5.41) is 0. The molecule has 0 amide bonds. The predicted octanol–water partition coefficient (Wildman–Crippen LogP) is 1.75. The molecule has 0 saturated heterocycles. The summed E-state index contributed by atoms with van der Waals surface area (Å²) in [7, 11) is 0. The van der Waals surface area contributed by atoms with E-state index in [4.69, 9.17) is 0 Å². The molecule has 0 spiro atoms. The standard InChI is InChI=1S/C4H9.Sc/c1-4(2)3;/h1-3H3;. The third kappa shape index (κ3) is 53.0. The molecule has 0 aromatic rings. The molecule has 0 bridgehead atoms. The van der Waals surface area contributed by atoms with Gasteiger partial charge < -0.3 is 0 Å². The van der Waals surface area contributed by atoms with Crippen LogP contribution in [0.3, 0.4) is 0 Å². The topological polar surface area (TPSA) is 0 Å². The average Bonchev–Trinajstić information content (AvgIpc) is 0.722. The van der Waals surface area contributed by atoms with Crippen LogP contribution in [0.25, 0.3) is 0 Å². The Labute approximate surface area is 48.5 Å². The molecule has 0 aliphatic heterocycles. The molecule has 0 radical (unpaired) electrons. The molecule has 0 aromatic carbocycles. The first-order valence-electron chi connectivity index (χ1n) is 1.79. The van der Waals surface area contributed by atoms with Crippen molar-refractivity contribution in [3.63, 3.8) is 0 Å². The van der Waals surface area contributed by atoms with Crippen LogP contribution in [-0.4, -0.2) is 0 Å². The van der Waals surface area contributed by atoms with Crippen molar-refractivity contribution in [2.75, 3.05) is 0 Å². The quantitative estimate of drug-likeness (QED) is 0.437. The fraction of sp³-hybridized carbons (Fsp3) is 1.00. The Bertz CT molecular complexity index is 19.1. The normalized spacial score (nSPS) is 11.6. The van der Waals surface area contributed by atoms with Crippen molar-refractivity contribution in [2.24, 2.45) is 0 Å². The summed E-state index contributed by atoms with van der Waals surface area (Å²) >= 11 is 1.79. The molecule has 5 heavy (non-hydrogen) atoms. The van der Waals surface area contributed by atoms with E-state index in [-0.39, 0.29) is 0 Å². The summed E-state index contributed by atoms with van der Waals surface area (Å²) in [4.78, 5) is 0. The minimum atomic E-state index is 0.562. The SMILES string of the molecule is C[C](C)(C)[Sc]. The maximum absolute atomic E-state index is 2.22. The van der Waals surface area contributed by atoms with Crippen LogP contribution < -0.4 is 0 Å². The van der Waals surface area contributed by atoms with Gasteiger partial charge in [-0.25, -0.2) is 0 Å². The van der Waals surface area contributed by atoms with Crippen molar-refractivity contribution in [1.29, 1.82) is 0 Å². The number of hydrogen-bond acceptors (Lipinski definition) is 0. The van der Waals surface area contributed by atoms with Gasteiger partial charge in [0.15, 0.2) is 0 Å². The van der Waals surface area contributed by atoms with Crippen molar-refractivity contribution in [3.8, 4) is 0 Å². The Morgan fingerprint density at radius 1 is 1.20 bits per heavy atom. The average molecular weight is 102 g/mol. The van der Waals surface area contributed by atoms with Crippen LogP contribution in [0.4, 0.5) is 0 Å². The summed E-state index contributed by atoms with van der Waals surface area (Å²) in [5.41, 5.74) is 0. The minimum absolute atomic E-state index is 0.562. The summed E-state index contributed by atoms with van der Waals surface area (Å²) < 4.78 is 0.562. The van der Waals surface area contributed by atoms with E-state index in [9.17, 15) is 0 Å². The van der Waals surface area contributed by atoms with Gasteiger partial charge >= 0.3 is 48.3 Å². The Morgan fingerprint density at radius 3 is 1.20 bits per heavy atom. The number of hydrogen-bond donors (Lipinski definition) is 0. The van der Waals surface area contributed by atoms with Gasteiger partial charge in [0.05, 0.1) is 0 Å². The molecule has 0 fully saturated rings. The molecule has 0 unspecified atom stereocenters. The van der Waals surface area contributed by atoms with Crippen molar-refractivity contribution in [2.45, 2.75) is 23.9 Å². The molecule has 0 nitrogen and oxygen atoms in total.